The van der Waals surface area contributed by atoms with Gasteiger partial charge in [-0.3, -0.25) is 4.79 Å². The topological polar surface area (TPSA) is 66.8 Å². The highest BCUT2D eigenvalue weighted by Gasteiger charge is 2.18. The number of carbonyl (C=O) groups excluding carboxylic acids is 1. The third kappa shape index (κ3) is 3.45. The van der Waals surface area contributed by atoms with Crippen LogP contribution in [-0.2, 0) is 17.9 Å². The molecule has 1 aliphatic rings. The van der Waals surface area contributed by atoms with Crippen molar-refractivity contribution in [2.24, 2.45) is 5.92 Å². The molecule has 2 aromatic carbocycles. The van der Waals surface area contributed by atoms with Crippen molar-refractivity contribution in [3.05, 3.63) is 70.1 Å². The molecule has 0 amide bonds. The molecule has 0 fully saturated rings. The van der Waals surface area contributed by atoms with E-state index in [1.165, 1.54) is 0 Å². The molecule has 6 heteroatoms. The Labute approximate surface area is 162 Å². The van der Waals surface area contributed by atoms with Gasteiger partial charge in [0.25, 0.3) is 5.56 Å². The number of benzene rings is 2. The first-order valence-corrected chi connectivity index (χ1v) is 9.21. The molecule has 0 aliphatic carbocycles. The molecule has 0 bridgehead atoms. The lowest BCUT2D eigenvalue weighted by Crippen LogP contribution is -2.24. The number of hydrogen-bond acceptors (Lipinski definition) is 5. The quantitative estimate of drug-likeness (QED) is 0.632. The molecule has 6 nitrogen and oxygen atoms in total. The Balaban J connectivity index is 1.63. The van der Waals surface area contributed by atoms with Crippen LogP contribution in [0.5, 0.6) is 11.5 Å². The van der Waals surface area contributed by atoms with Crippen molar-refractivity contribution in [3.63, 3.8) is 0 Å². The standard InChI is InChI=1S/C22H21NO5/c1-14(2)10-23-11-18(16-5-3-4-6-17(16)21(23)24)22(25)26-12-15-7-8-19-20(9-15)28-13-27-19/h3-9,11,14H,10,12-13H2,1-2H3. The van der Waals surface area contributed by atoms with Crippen LogP contribution in [0.4, 0.5) is 0 Å². The molecule has 0 saturated carbocycles. The molecule has 0 radical (unpaired) electrons. The average Bonchev–Trinajstić information content (AvgIpc) is 3.16. The molecule has 1 aliphatic heterocycles. The average molecular weight is 379 g/mol. The van der Waals surface area contributed by atoms with Crippen LogP contribution in [0.25, 0.3) is 10.8 Å². The van der Waals surface area contributed by atoms with E-state index in [0.29, 0.717) is 34.4 Å². The van der Waals surface area contributed by atoms with E-state index >= 15 is 0 Å². The van der Waals surface area contributed by atoms with Gasteiger partial charge in [-0.05, 0) is 29.7 Å². The van der Waals surface area contributed by atoms with Gasteiger partial charge in [-0.2, -0.15) is 0 Å². The van der Waals surface area contributed by atoms with Crippen LogP contribution < -0.4 is 15.0 Å². The van der Waals surface area contributed by atoms with Crippen molar-refractivity contribution in [3.8, 4) is 11.5 Å². The van der Waals surface area contributed by atoms with E-state index in [-0.39, 0.29) is 24.9 Å². The van der Waals surface area contributed by atoms with E-state index < -0.39 is 5.97 Å². The molecular weight excluding hydrogens is 358 g/mol. The molecule has 1 aromatic heterocycles. The van der Waals surface area contributed by atoms with Crippen LogP contribution in [0.2, 0.25) is 0 Å². The molecule has 28 heavy (non-hydrogen) atoms. The minimum atomic E-state index is -0.466. The summed E-state index contributed by atoms with van der Waals surface area (Å²) in [5.74, 6) is 1.13. The van der Waals surface area contributed by atoms with E-state index in [1.807, 2.05) is 26.0 Å². The summed E-state index contributed by atoms with van der Waals surface area (Å²) in [6, 6.07) is 12.5. The zero-order valence-corrected chi connectivity index (χ0v) is 15.8. The predicted octanol–water partition coefficient (Wildman–Crippen LogP) is 3.74. The minimum Gasteiger partial charge on any atom is -0.457 e. The van der Waals surface area contributed by atoms with E-state index in [4.69, 9.17) is 14.2 Å². The van der Waals surface area contributed by atoms with Crippen molar-refractivity contribution in [1.82, 2.24) is 4.57 Å². The van der Waals surface area contributed by atoms with Gasteiger partial charge in [0.2, 0.25) is 6.79 Å². The molecule has 144 valence electrons. The molecule has 0 spiro atoms. The first-order chi connectivity index (χ1) is 13.5. The van der Waals surface area contributed by atoms with Gasteiger partial charge in [0.15, 0.2) is 11.5 Å². The molecule has 3 aromatic rings. The van der Waals surface area contributed by atoms with Crippen LogP contribution in [0.1, 0.15) is 29.8 Å². The van der Waals surface area contributed by atoms with Crippen LogP contribution in [0.3, 0.4) is 0 Å². The molecular formula is C22H21NO5. The van der Waals surface area contributed by atoms with E-state index in [2.05, 4.69) is 0 Å². The maximum atomic E-state index is 12.8. The Hall–Kier alpha value is -3.28. The number of esters is 1. The second kappa shape index (κ2) is 7.38. The number of carbonyl (C=O) groups is 1. The predicted molar refractivity (Wildman–Crippen MR) is 105 cm³/mol. The normalized spacial score (nSPS) is 12.5. The number of nitrogens with zero attached hydrogens (tertiary/aromatic N) is 1. The van der Waals surface area contributed by atoms with E-state index in [0.717, 1.165) is 5.56 Å². The smallest absolute Gasteiger partial charge is 0.340 e. The van der Waals surface area contributed by atoms with Gasteiger partial charge >= 0.3 is 5.97 Å². The van der Waals surface area contributed by atoms with Crippen LogP contribution in [-0.4, -0.2) is 17.3 Å². The maximum Gasteiger partial charge on any atom is 0.340 e. The summed E-state index contributed by atoms with van der Waals surface area (Å²) in [6.45, 7) is 4.89. The third-order valence-corrected chi connectivity index (χ3v) is 4.58. The number of aromatic nitrogens is 1. The molecule has 2 heterocycles. The Morgan fingerprint density at radius 1 is 1.11 bits per heavy atom. The molecule has 0 atom stereocenters. The number of rotatable bonds is 5. The summed E-state index contributed by atoms with van der Waals surface area (Å²) in [7, 11) is 0. The summed E-state index contributed by atoms with van der Waals surface area (Å²) >= 11 is 0. The fourth-order valence-corrected chi connectivity index (χ4v) is 3.29. The Morgan fingerprint density at radius 2 is 1.86 bits per heavy atom. The fourth-order valence-electron chi connectivity index (χ4n) is 3.29. The van der Waals surface area contributed by atoms with Crippen molar-refractivity contribution in [2.75, 3.05) is 6.79 Å². The fraction of sp³-hybridized carbons (Fsp3) is 0.273. The van der Waals surface area contributed by atoms with Gasteiger partial charge in [-0.1, -0.05) is 38.1 Å². The Bertz CT molecular complexity index is 1100. The van der Waals surface area contributed by atoms with Crippen molar-refractivity contribution in [2.45, 2.75) is 27.0 Å². The molecule has 4 rings (SSSR count). The highest BCUT2D eigenvalue weighted by Crippen LogP contribution is 2.32. The van der Waals surface area contributed by atoms with Gasteiger partial charge < -0.3 is 18.8 Å². The lowest BCUT2D eigenvalue weighted by molar-refractivity contribution is 0.0473. The highest BCUT2D eigenvalue weighted by atomic mass is 16.7. The van der Waals surface area contributed by atoms with Gasteiger partial charge in [-0.15, -0.1) is 0 Å². The van der Waals surface area contributed by atoms with Gasteiger partial charge in [0, 0.05) is 23.5 Å². The van der Waals surface area contributed by atoms with Crippen molar-refractivity contribution < 1.29 is 19.0 Å². The summed E-state index contributed by atoms with van der Waals surface area (Å²) in [4.78, 5) is 25.5. The lowest BCUT2D eigenvalue weighted by Gasteiger charge is -2.13. The van der Waals surface area contributed by atoms with Gasteiger partial charge in [0.05, 0.1) is 5.56 Å². The highest BCUT2D eigenvalue weighted by molar-refractivity contribution is 6.03. The van der Waals surface area contributed by atoms with Crippen molar-refractivity contribution >= 4 is 16.7 Å². The second-order valence-electron chi connectivity index (χ2n) is 7.20. The van der Waals surface area contributed by atoms with Gasteiger partial charge in [0.1, 0.15) is 6.61 Å². The van der Waals surface area contributed by atoms with E-state index in [9.17, 15) is 9.59 Å². The minimum absolute atomic E-state index is 0.100. The number of hydrogen-bond donors (Lipinski definition) is 0. The number of fused-ring (bicyclic) bond motifs is 2. The van der Waals surface area contributed by atoms with Crippen LogP contribution in [0.15, 0.2) is 53.5 Å². The first kappa shape index (κ1) is 18.1. The zero-order chi connectivity index (χ0) is 19.7. The number of pyridine rings is 1. The molecule has 0 saturated heterocycles. The Morgan fingerprint density at radius 3 is 2.64 bits per heavy atom. The monoisotopic (exact) mass is 379 g/mol. The summed E-state index contributed by atoms with van der Waals surface area (Å²) in [6.07, 6.45) is 1.60. The zero-order valence-electron chi connectivity index (χ0n) is 15.8. The van der Waals surface area contributed by atoms with Crippen molar-refractivity contribution in [1.29, 1.82) is 0 Å². The SMILES string of the molecule is CC(C)Cn1cc(C(=O)OCc2ccc3c(c2)OCO3)c2ccccc2c1=O. The Kier molecular flexibility index (Phi) is 4.77. The molecule has 0 N–H and O–H groups in total. The summed E-state index contributed by atoms with van der Waals surface area (Å²) in [5.41, 5.74) is 1.09. The second-order valence-corrected chi connectivity index (χ2v) is 7.20. The summed E-state index contributed by atoms with van der Waals surface area (Å²) in [5, 5.41) is 1.11. The largest absolute Gasteiger partial charge is 0.457 e. The van der Waals surface area contributed by atoms with Crippen LogP contribution in [0, 0.1) is 5.92 Å². The lowest BCUT2D eigenvalue weighted by atomic mass is 10.1. The van der Waals surface area contributed by atoms with Gasteiger partial charge in [-0.25, -0.2) is 4.79 Å². The first-order valence-electron chi connectivity index (χ1n) is 9.21. The van der Waals surface area contributed by atoms with E-state index in [1.54, 1.807) is 41.1 Å². The maximum absolute atomic E-state index is 12.8. The van der Waals surface area contributed by atoms with Crippen LogP contribution >= 0.6 is 0 Å². The number of ether oxygens (including phenoxy) is 3. The molecule has 0 unspecified atom stereocenters. The summed E-state index contributed by atoms with van der Waals surface area (Å²) < 4.78 is 17.8. The third-order valence-electron chi connectivity index (χ3n) is 4.58.